The van der Waals surface area contributed by atoms with Crippen molar-refractivity contribution in [2.75, 3.05) is 6.54 Å². The molecule has 0 aromatic rings. The summed E-state index contributed by atoms with van der Waals surface area (Å²) in [6, 6.07) is -0.501. The van der Waals surface area contributed by atoms with Crippen molar-refractivity contribution in [1.29, 1.82) is 0 Å². The third-order valence-electron chi connectivity index (χ3n) is 2.83. The Bertz CT molecular complexity index is 323. The number of rotatable bonds is 6. The number of hydrogen-bond acceptors (Lipinski definition) is 3. The van der Waals surface area contributed by atoms with E-state index >= 15 is 0 Å². The minimum Gasteiger partial charge on any atom is -0.481 e. The van der Waals surface area contributed by atoms with Crippen molar-refractivity contribution < 1.29 is 19.5 Å². The lowest BCUT2D eigenvalue weighted by molar-refractivity contribution is -0.137. The fraction of sp³-hybridized carbons (Fsp3) is 0.727. The number of carbonyl (C=O) groups is 3. The Morgan fingerprint density at radius 1 is 1.24 bits per heavy atom. The molecule has 1 aliphatic carbocycles. The average molecular weight is 242 g/mol. The second-order valence-electron chi connectivity index (χ2n) is 4.79. The molecule has 0 aromatic carbocycles. The number of imide groups is 1. The van der Waals surface area contributed by atoms with Crippen LogP contribution in [0.4, 0.5) is 4.79 Å². The molecule has 1 fully saturated rings. The number of urea groups is 1. The minimum atomic E-state index is -0.941. The SMILES string of the molecule is CC1(CNC(=O)NC(=O)CCCC(=O)O)CC1. The lowest BCUT2D eigenvalue weighted by Crippen LogP contribution is -2.41. The zero-order chi connectivity index (χ0) is 12.9. The third kappa shape index (κ3) is 5.89. The summed E-state index contributed by atoms with van der Waals surface area (Å²) >= 11 is 0. The first-order valence-corrected chi connectivity index (χ1v) is 5.71. The molecule has 0 bridgehead atoms. The Morgan fingerprint density at radius 3 is 2.41 bits per heavy atom. The number of carboxylic acid groups (broad SMARTS) is 1. The maximum absolute atomic E-state index is 11.3. The van der Waals surface area contributed by atoms with Crippen molar-refractivity contribution in [3.05, 3.63) is 0 Å². The van der Waals surface area contributed by atoms with Gasteiger partial charge in [-0.05, 0) is 24.7 Å². The highest BCUT2D eigenvalue weighted by atomic mass is 16.4. The molecule has 17 heavy (non-hydrogen) atoms. The van der Waals surface area contributed by atoms with Gasteiger partial charge in [0.2, 0.25) is 5.91 Å². The Hall–Kier alpha value is -1.59. The normalized spacial score (nSPS) is 16.1. The molecule has 1 rings (SSSR count). The summed E-state index contributed by atoms with van der Waals surface area (Å²) in [5.74, 6) is -1.38. The van der Waals surface area contributed by atoms with Gasteiger partial charge in [0.15, 0.2) is 0 Å². The molecule has 0 aromatic heterocycles. The van der Waals surface area contributed by atoms with Crippen LogP contribution in [0.3, 0.4) is 0 Å². The van der Waals surface area contributed by atoms with Gasteiger partial charge in [-0.15, -0.1) is 0 Å². The highest BCUT2D eigenvalue weighted by molar-refractivity contribution is 5.94. The van der Waals surface area contributed by atoms with Gasteiger partial charge >= 0.3 is 12.0 Å². The van der Waals surface area contributed by atoms with Gasteiger partial charge in [-0.3, -0.25) is 14.9 Å². The van der Waals surface area contributed by atoms with Crippen LogP contribution in [0.25, 0.3) is 0 Å². The van der Waals surface area contributed by atoms with Gasteiger partial charge in [-0.2, -0.15) is 0 Å². The van der Waals surface area contributed by atoms with Crippen LogP contribution in [0.1, 0.15) is 39.0 Å². The van der Waals surface area contributed by atoms with E-state index in [2.05, 4.69) is 17.6 Å². The van der Waals surface area contributed by atoms with Gasteiger partial charge in [0.05, 0.1) is 0 Å². The molecule has 6 nitrogen and oxygen atoms in total. The number of carboxylic acids is 1. The summed E-state index contributed by atoms with van der Waals surface area (Å²) in [4.78, 5) is 32.7. The van der Waals surface area contributed by atoms with Gasteiger partial charge in [-0.25, -0.2) is 4.79 Å². The van der Waals surface area contributed by atoms with Crippen LogP contribution in [0.15, 0.2) is 0 Å². The molecular weight excluding hydrogens is 224 g/mol. The van der Waals surface area contributed by atoms with Crippen LogP contribution >= 0.6 is 0 Å². The molecule has 0 aliphatic heterocycles. The number of carbonyl (C=O) groups excluding carboxylic acids is 2. The highest BCUT2D eigenvalue weighted by Crippen LogP contribution is 2.43. The number of hydrogen-bond donors (Lipinski definition) is 3. The van der Waals surface area contributed by atoms with Crippen LogP contribution in [0.5, 0.6) is 0 Å². The van der Waals surface area contributed by atoms with E-state index in [1.165, 1.54) is 0 Å². The monoisotopic (exact) mass is 242 g/mol. The van der Waals surface area contributed by atoms with Crippen LogP contribution in [0, 0.1) is 5.41 Å². The molecule has 0 saturated heterocycles. The van der Waals surface area contributed by atoms with Crippen LogP contribution in [0.2, 0.25) is 0 Å². The summed E-state index contributed by atoms with van der Waals surface area (Å²) in [5.41, 5.74) is 0.198. The van der Waals surface area contributed by atoms with Crippen LogP contribution in [-0.4, -0.2) is 29.6 Å². The van der Waals surface area contributed by atoms with Crippen molar-refractivity contribution in [1.82, 2.24) is 10.6 Å². The Balaban J connectivity index is 2.08. The smallest absolute Gasteiger partial charge is 0.321 e. The molecule has 3 amide bonds. The molecule has 6 heteroatoms. The molecule has 0 radical (unpaired) electrons. The van der Waals surface area contributed by atoms with Crippen molar-refractivity contribution in [3.8, 4) is 0 Å². The van der Waals surface area contributed by atoms with Crippen molar-refractivity contribution in [2.24, 2.45) is 5.41 Å². The van der Waals surface area contributed by atoms with E-state index in [9.17, 15) is 14.4 Å². The topological polar surface area (TPSA) is 95.5 Å². The molecule has 96 valence electrons. The van der Waals surface area contributed by atoms with Crippen LogP contribution < -0.4 is 10.6 Å². The first-order valence-electron chi connectivity index (χ1n) is 5.71. The molecule has 1 aliphatic rings. The van der Waals surface area contributed by atoms with Gasteiger partial charge < -0.3 is 10.4 Å². The first kappa shape index (κ1) is 13.5. The number of aliphatic carboxylic acids is 1. The zero-order valence-corrected chi connectivity index (χ0v) is 9.91. The first-order chi connectivity index (χ1) is 7.91. The minimum absolute atomic E-state index is 0.0526. The van der Waals surface area contributed by atoms with E-state index in [1.807, 2.05) is 0 Å². The average Bonchev–Trinajstić information content (AvgIpc) is 2.94. The predicted octanol–water partition coefficient (Wildman–Crippen LogP) is 0.867. The fourth-order valence-corrected chi connectivity index (χ4v) is 1.32. The summed E-state index contributed by atoms with van der Waals surface area (Å²) in [6.07, 6.45) is 2.43. The quantitative estimate of drug-likeness (QED) is 0.644. The fourth-order valence-electron chi connectivity index (χ4n) is 1.32. The van der Waals surface area contributed by atoms with Gasteiger partial charge in [0.1, 0.15) is 0 Å². The molecule has 3 N–H and O–H groups in total. The van der Waals surface area contributed by atoms with Gasteiger partial charge in [0.25, 0.3) is 0 Å². The van der Waals surface area contributed by atoms with Crippen molar-refractivity contribution >= 4 is 17.9 Å². The lowest BCUT2D eigenvalue weighted by Gasteiger charge is -2.10. The van der Waals surface area contributed by atoms with E-state index in [0.29, 0.717) is 6.54 Å². The van der Waals surface area contributed by atoms with Gasteiger partial charge in [0, 0.05) is 19.4 Å². The molecule has 0 atom stereocenters. The largest absolute Gasteiger partial charge is 0.481 e. The molecular formula is C11H18N2O4. The third-order valence-corrected chi connectivity index (χ3v) is 2.83. The van der Waals surface area contributed by atoms with E-state index in [4.69, 9.17) is 5.11 Å². The Morgan fingerprint density at radius 2 is 1.88 bits per heavy atom. The summed E-state index contributed by atoms with van der Waals surface area (Å²) in [5, 5.41) is 13.2. The molecule has 0 spiro atoms. The van der Waals surface area contributed by atoms with Crippen molar-refractivity contribution in [3.63, 3.8) is 0 Å². The standard InChI is InChI=1S/C11H18N2O4/c1-11(5-6-11)7-12-10(17)13-8(14)3-2-4-9(15)16/h2-7H2,1H3,(H,15,16)(H2,12,13,14,17). The van der Waals surface area contributed by atoms with E-state index < -0.39 is 17.9 Å². The molecule has 1 saturated carbocycles. The predicted molar refractivity (Wildman–Crippen MR) is 60.4 cm³/mol. The van der Waals surface area contributed by atoms with E-state index in [1.54, 1.807) is 0 Å². The maximum atomic E-state index is 11.3. The Kier molecular flexibility index (Phi) is 4.48. The molecule has 0 heterocycles. The second-order valence-corrected chi connectivity index (χ2v) is 4.79. The van der Waals surface area contributed by atoms with E-state index in [-0.39, 0.29) is 24.7 Å². The summed E-state index contributed by atoms with van der Waals surface area (Å²) in [6.45, 7) is 2.64. The van der Waals surface area contributed by atoms with E-state index in [0.717, 1.165) is 12.8 Å². The Labute approximate surface area is 99.8 Å². The molecule has 0 unspecified atom stereocenters. The number of amides is 3. The summed E-state index contributed by atoms with van der Waals surface area (Å²) in [7, 11) is 0. The van der Waals surface area contributed by atoms with Crippen molar-refractivity contribution in [2.45, 2.75) is 39.0 Å². The number of nitrogens with one attached hydrogen (secondary N) is 2. The highest BCUT2D eigenvalue weighted by Gasteiger charge is 2.37. The maximum Gasteiger partial charge on any atom is 0.321 e. The second kappa shape index (κ2) is 5.65. The van der Waals surface area contributed by atoms with Gasteiger partial charge in [-0.1, -0.05) is 6.92 Å². The van der Waals surface area contributed by atoms with Crippen LogP contribution in [-0.2, 0) is 9.59 Å². The summed E-state index contributed by atoms with van der Waals surface area (Å²) < 4.78 is 0. The lowest BCUT2D eigenvalue weighted by atomic mass is 10.1. The zero-order valence-electron chi connectivity index (χ0n) is 9.91.